The minimum Gasteiger partial charge on any atom is -0.497 e. The van der Waals surface area contributed by atoms with E-state index in [1.807, 2.05) is 17.0 Å². The lowest BCUT2D eigenvalue weighted by Gasteiger charge is -2.24. The van der Waals surface area contributed by atoms with E-state index in [1.54, 1.807) is 39.5 Å². The van der Waals surface area contributed by atoms with Crippen LogP contribution in [0.25, 0.3) is 0 Å². The van der Waals surface area contributed by atoms with E-state index in [2.05, 4.69) is 42.0 Å². The highest BCUT2D eigenvalue weighted by atomic mass is 16.5. The molecule has 0 aliphatic heterocycles. The lowest BCUT2D eigenvalue weighted by atomic mass is 10.1. The first-order chi connectivity index (χ1) is 15.5. The average molecular weight is 437 g/mol. The zero-order valence-electron chi connectivity index (χ0n) is 19.3. The first-order valence-corrected chi connectivity index (χ1v) is 10.8. The number of aryl methyl sites for hydroxylation is 1. The smallest absolute Gasteiger partial charge is 0.254 e. The SMILES string of the molecule is COCCCN(Cc1cccn1Cc1ccccc1C)C(=O)c1cc(OC)cc(OC)c1. The van der Waals surface area contributed by atoms with E-state index in [9.17, 15) is 4.79 Å². The highest BCUT2D eigenvalue weighted by Crippen LogP contribution is 2.24. The maximum Gasteiger partial charge on any atom is 0.254 e. The summed E-state index contributed by atoms with van der Waals surface area (Å²) >= 11 is 0. The zero-order chi connectivity index (χ0) is 22.9. The van der Waals surface area contributed by atoms with Gasteiger partial charge in [0.25, 0.3) is 5.91 Å². The molecule has 1 heterocycles. The van der Waals surface area contributed by atoms with Gasteiger partial charge in [-0.2, -0.15) is 0 Å². The second kappa shape index (κ2) is 11.4. The molecule has 0 unspecified atom stereocenters. The molecular weight excluding hydrogens is 404 g/mol. The summed E-state index contributed by atoms with van der Waals surface area (Å²) in [5, 5.41) is 0. The van der Waals surface area contributed by atoms with Crippen molar-refractivity contribution in [3.05, 3.63) is 83.2 Å². The Balaban J connectivity index is 1.85. The van der Waals surface area contributed by atoms with Crippen LogP contribution in [0.4, 0.5) is 0 Å². The van der Waals surface area contributed by atoms with Crippen molar-refractivity contribution >= 4 is 5.91 Å². The number of ether oxygens (including phenoxy) is 3. The average Bonchev–Trinajstić information content (AvgIpc) is 3.25. The molecule has 0 radical (unpaired) electrons. The molecule has 6 heteroatoms. The number of benzene rings is 2. The van der Waals surface area contributed by atoms with Gasteiger partial charge in [-0.05, 0) is 48.7 Å². The molecule has 3 rings (SSSR count). The molecular formula is C26H32N2O4. The molecule has 0 atom stereocenters. The number of hydrogen-bond acceptors (Lipinski definition) is 4. The van der Waals surface area contributed by atoms with Gasteiger partial charge in [-0.25, -0.2) is 0 Å². The van der Waals surface area contributed by atoms with Crippen LogP contribution in [0.3, 0.4) is 0 Å². The number of nitrogens with zero attached hydrogens (tertiary/aromatic N) is 2. The second-order valence-electron chi connectivity index (χ2n) is 7.73. The number of hydrogen-bond donors (Lipinski definition) is 0. The van der Waals surface area contributed by atoms with Gasteiger partial charge in [-0.15, -0.1) is 0 Å². The molecule has 170 valence electrons. The van der Waals surface area contributed by atoms with Gasteiger partial charge in [-0.3, -0.25) is 4.79 Å². The van der Waals surface area contributed by atoms with Crippen molar-refractivity contribution in [3.63, 3.8) is 0 Å². The third kappa shape index (κ3) is 5.92. The summed E-state index contributed by atoms with van der Waals surface area (Å²) in [7, 11) is 4.84. The van der Waals surface area contributed by atoms with Gasteiger partial charge in [0.05, 0.1) is 20.8 Å². The summed E-state index contributed by atoms with van der Waals surface area (Å²) in [5.74, 6) is 1.11. The van der Waals surface area contributed by atoms with Gasteiger partial charge in [0.2, 0.25) is 0 Å². The lowest BCUT2D eigenvalue weighted by Crippen LogP contribution is -2.33. The van der Waals surface area contributed by atoms with E-state index < -0.39 is 0 Å². The number of aromatic nitrogens is 1. The maximum absolute atomic E-state index is 13.5. The summed E-state index contributed by atoms with van der Waals surface area (Å²) in [6.45, 7) is 4.56. The molecule has 0 spiro atoms. The minimum absolute atomic E-state index is 0.0676. The van der Waals surface area contributed by atoms with Crippen LogP contribution in [-0.2, 0) is 17.8 Å². The van der Waals surface area contributed by atoms with Crippen LogP contribution in [0.15, 0.2) is 60.8 Å². The monoisotopic (exact) mass is 436 g/mol. The first-order valence-electron chi connectivity index (χ1n) is 10.8. The van der Waals surface area contributed by atoms with Crippen LogP contribution >= 0.6 is 0 Å². The molecule has 6 nitrogen and oxygen atoms in total. The summed E-state index contributed by atoms with van der Waals surface area (Å²) < 4.78 is 18.1. The Morgan fingerprint density at radius 2 is 1.69 bits per heavy atom. The fourth-order valence-electron chi connectivity index (χ4n) is 3.68. The Kier molecular flexibility index (Phi) is 8.34. The molecule has 0 aliphatic rings. The van der Waals surface area contributed by atoms with E-state index in [0.717, 1.165) is 18.7 Å². The van der Waals surface area contributed by atoms with Gasteiger partial charge >= 0.3 is 0 Å². The molecule has 0 saturated carbocycles. The summed E-state index contributed by atoms with van der Waals surface area (Å²) in [6, 6.07) is 17.7. The van der Waals surface area contributed by atoms with Crippen LogP contribution in [0.2, 0.25) is 0 Å². The fraction of sp³-hybridized carbons (Fsp3) is 0.346. The van der Waals surface area contributed by atoms with Gasteiger partial charge in [0.1, 0.15) is 11.5 Å². The Labute approximate surface area is 190 Å². The van der Waals surface area contributed by atoms with Crippen LogP contribution in [0, 0.1) is 6.92 Å². The maximum atomic E-state index is 13.5. The summed E-state index contributed by atoms with van der Waals surface area (Å²) in [4.78, 5) is 15.3. The van der Waals surface area contributed by atoms with Gasteiger partial charge < -0.3 is 23.7 Å². The van der Waals surface area contributed by atoms with E-state index in [0.29, 0.717) is 36.8 Å². The molecule has 1 amide bonds. The van der Waals surface area contributed by atoms with Crippen molar-refractivity contribution in [1.29, 1.82) is 0 Å². The van der Waals surface area contributed by atoms with Gasteiger partial charge in [-0.1, -0.05) is 24.3 Å². The number of rotatable bonds is 11. The second-order valence-corrected chi connectivity index (χ2v) is 7.73. The number of carbonyl (C=O) groups excluding carboxylic acids is 1. The van der Waals surface area contributed by atoms with Gasteiger partial charge in [0.15, 0.2) is 0 Å². The molecule has 0 saturated heterocycles. The molecule has 0 fully saturated rings. The van der Waals surface area contributed by atoms with Crippen molar-refractivity contribution in [2.45, 2.75) is 26.4 Å². The third-order valence-corrected chi connectivity index (χ3v) is 5.54. The molecule has 2 aromatic carbocycles. The topological polar surface area (TPSA) is 52.9 Å². The fourth-order valence-corrected chi connectivity index (χ4v) is 3.68. The Morgan fingerprint density at radius 1 is 0.969 bits per heavy atom. The van der Waals surface area contributed by atoms with Gasteiger partial charge in [0, 0.05) is 50.3 Å². The van der Waals surface area contributed by atoms with Crippen molar-refractivity contribution in [2.75, 3.05) is 34.5 Å². The van der Waals surface area contributed by atoms with Crippen molar-refractivity contribution < 1.29 is 19.0 Å². The van der Waals surface area contributed by atoms with Crippen molar-refractivity contribution in [2.24, 2.45) is 0 Å². The highest BCUT2D eigenvalue weighted by molar-refractivity contribution is 5.95. The molecule has 0 aliphatic carbocycles. The normalized spacial score (nSPS) is 10.8. The van der Waals surface area contributed by atoms with Crippen molar-refractivity contribution in [1.82, 2.24) is 9.47 Å². The summed E-state index contributed by atoms with van der Waals surface area (Å²) in [6.07, 6.45) is 2.82. The largest absolute Gasteiger partial charge is 0.497 e. The quantitative estimate of drug-likeness (QED) is 0.414. The Bertz CT molecular complexity index is 1010. The molecule has 3 aromatic rings. The first kappa shape index (κ1) is 23.4. The molecule has 1 aromatic heterocycles. The molecule has 32 heavy (non-hydrogen) atoms. The molecule has 0 bridgehead atoms. The van der Waals surface area contributed by atoms with E-state index in [1.165, 1.54) is 11.1 Å². The number of methoxy groups -OCH3 is 3. The highest BCUT2D eigenvalue weighted by Gasteiger charge is 2.19. The Hall–Kier alpha value is -3.25. The standard InChI is InChI=1S/C26H32N2O4/c1-20-9-5-6-10-21(20)18-27-12-7-11-23(27)19-28(13-8-14-30-2)26(29)22-15-24(31-3)17-25(16-22)32-4/h5-7,9-12,15-17H,8,13-14,18-19H2,1-4H3. The minimum atomic E-state index is -0.0676. The predicted molar refractivity (Wildman–Crippen MR) is 125 cm³/mol. The lowest BCUT2D eigenvalue weighted by molar-refractivity contribution is 0.0719. The van der Waals surface area contributed by atoms with Crippen LogP contribution in [-0.4, -0.2) is 49.9 Å². The van der Waals surface area contributed by atoms with Crippen molar-refractivity contribution in [3.8, 4) is 11.5 Å². The van der Waals surface area contributed by atoms with Crippen LogP contribution in [0.5, 0.6) is 11.5 Å². The van der Waals surface area contributed by atoms with E-state index >= 15 is 0 Å². The Morgan fingerprint density at radius 3 is 2.34 bits per heavy atom. The number of carbonyl (C=O) groups is 1. The zero-order valence-corrected chi connectivity index (χ0v) is 19.3. The van der Waals surface area contributed by atoms with E-state index in [4.69, 9.17) is 14.2 Å². The number of amides is 1. The van der Waals surface area contributed by atoms with E-state index in [-0.39, 0.29) is 5.91 Å². The summed E-state index contributed by atoms with van der Waals surface area (Å²) in [5.41, 5.74) is 4.13. The predicted octanol–water partition coefficient (Wildman–Crippen LogP) is 4.54. The third-order valence-electron chi connectivity index (χ3n) is 5.54. The van der Waals surface area contributed by atoms with Crippen LogP contribution in [0.1, 0.15) is 33.6 Å². The molecule has 0 N–H and O–H groups in total. The van der Waals surface area contributed by atoms with Crippen LogP contribution < -0.4 is 9.47 Å².